The molecule has 0 heterocycles. The quantitative estimate of drug-likeness (QED) is 0.0212. The largest absolute Gasteiger partial charge is 0.756 e. The predicted octanol–water partition coefficient (Wildman–Crippen LogP) is 16.3. The Morgan fingerprint density at radius 1 is 0.507 bits per heavy atom. The van der Waals surface area contributed by atoms with E-state index in [4.69, 9.17) is 13.8 Å². The zero-order valence-corrected chi connectivity index (χ0v) is 46.4. The van der Waals surface area contributed by atoms with Gasteiger partial charge in [0.1, 0.15) is 19.3 Å². The molecule has 0 rings (SSSR count). The topological polar surface area (TPSA) is 114 Å². The van der Waals surface area contributed by atoms with E-state index in [0.29, 0.717) is 17.4 Å². The Morgan fingerprint density at radius 3 is 1.41 bits per heavy atom. The average molecular weight is 987 g/mol. The van der Waals surface area contributed by atoms with Crippen LogP contribution in [-0.4, -0.2) is 69.4 Å². The molecule has 9 nitrogen and oxygen atoms in total. The number of allylic oxidation sites excluding steroid dienone is 11. The van der Waals surface area contributed by atoms with Crippen LogP contribution in [0.25, 0.3) is 0 Å². The van der Waals surface area contributed by atoms with Crippen LogP contribution < -0.4 is 10.2 Å². The van der Waals surface area contributed by atoms with E-state index in [2.05, 4.69) is 86.8 Å². The molecule has 10 heteroatoms. The van der Waals surface area contributed by atoms with Crippen LogP contribution >= 0.6 is 7.82 Å². The summed E-state index contributed by atoms with van der Waals surface area (Å²) in [7, 11) is 1.14. The van der Waals surface area contributed by atoms with Gasteiger partial charge in [-0.2, -0.15) is 0 Å². The highest BCUT2D eigenvalue weighted by molar-refractivity contribution is 7.45. The summed E-state index contributed by atoms with van der Waals surface area (Å²) in [5, 5.41) is 2.98. The van der Waals surface area contributed by atoms with Gasteiger partial charge in [0.25, 0.3) is 7.82 Å². The van der Waals surface area contributed by atoms with Crippen molar-refractivity contribution < 1.29 is 37.3 Å². The minimum atomic E-state index is -4.71. The van der Waals surface area contributed by atoms with Crippen LogP contribution in [0, 0.1) is 0 Å². The first-order valence-corrected chi connectivity index (χ1v) is 29.7. The van der Waals surface area contributed by atoms with E-state index in [1.165, 1.54) is 122 Å². The highest BCUT2D eigenvalue weighted by atomic mass is 31.2. The Balaban J connectivity index is 5.44. The number of esters is 1. The fourth-order valence-corrected chi connectivity index (χ4v) is 8.41. The standard InChI is InChI=1S/C59H107N2O7P/c1-7-10-13-16-19-22-25-27-29-30-32-33-36-39-42-45-48-51-58(62)60-56(55-67-69(64,65)66-54-53-61(4,5)6)57(50-47-44-41-38-35-24-21-18-15-12-9-3)68-59(63)52-49-46-43-40-37-34-31-28-26-23-20-17-14-11-8-2/h19,22-23,26-27,29,32-33,39,42,47,50,56-57H,7-18,20-21,24-25,28,30-31,34-38,40-41,43-46,48-49,51-55H2,1-6H3,(H-,60,62,64,65)/b22-19-,26-23-,29-27-,33-32-,42-39-,50-47+. The molecule has 0 aliphatic rings. The first kappa shape index (κ1) is 66.5. The molecule has 1 amide bonds. The number of ether oxygens (including phenoxy) is 1. The third-order valence-corrected chi connectivity index (χ3v) is 13.1. The Morgan fingerprint density at radius 2 is 0.899 bits per heavy atom. The van der Waals surface area contributed by atoms with Crippen molar-refractivity contribution in [1.29, 1.82) is 0 Å². The summed E-state index contributed by atoms with van der Waals surface area (Å²) in [5.74, 6) is -0.614. The Bertz CT molecular complexity index is 1420. The number of quaternary nitrogens is 1. The number of hydrogen-bond donors (Lipinski definition) is 1. The summed E-state index contributed by atoms with van der Waals surface area (Å²) in [6.45, 7) is 6.74. The number of likely N-dealkylation sites (N-methyl/N-ethyl adjacent to an activating group) is 1. The Labute approximate surface area is 425 Å². The maximum atomic E-state index is 13.4. The van der Waals surface area contributed by atoms with Gasteiger partial charge in [0, 0.05) is 12.8 Å². The van der Waals surface area contributed by atoms with Gasteiger partial charge in [-0.1, -0.05) is 203 Å². The molecule has 0 aromatic heterocycles. The lowest BCUT2D eigenvalue weighted by Crippen LogP contribution is -2.47. The molecular weight excluding hydrogens is 880 g/mol. The van der Waals surface area contributed by atoms with E-state index in [1.54, 1.807) is 0 Å². The van der Waals surface area contributed by atoms with Gasteiger partial charge in [0.05, 0.1) is 33.8 Å². The van der Waals surface area contributed by atoms with Crippen molar-refractivity contribution in [2.75, 3.05) is 40.9 Å². The second-order valence-electron chi connectivity index (χ2n) is 20.1. The van der Waals surface area contributed by atoms with Crippen molar-refractivity contribution in [2.24, 2.45) is 0 Å². The number of unbranched alkanes of at least 4 members (excludes halogenated alkanes) is 24. The lowest BCUT2D eigenvalue weighted by Gasteiger charge is -2.30. The fourth-order valence-electron chi connectivity index (χ4n) is 7.68. The maximum absolute atomic E-state index is 13.4. The molecule has 0 spiro atoms. The van der Waals surface area contributed by atoms with Crippen molar-refractivity contribution in [2.45, 2.75) is 251 Å². The molecule has 0 aromatic rings. The Hall–Kier alpha value is -2.55. The predicted molar refractivity (Wildman–Crippen MR) is 293 cm³/mol. The summed E-state index contributed by atoms with van der Waals surface area (Å²) < 4.78 is 30.1. The zero-order chi connectivity index (χ0) is 50.8. The lowest BCUT2D eigenvalue weighted by atomic mass is 10.1. The van der Waals surface area contributed by atoms with Crippen molar-refractivity contribution in [3.63, 3.8) is 0 Å². The number of amides is 1. The molecule has 0 saturated heterocycles. The van der Waals surface area contributed by atoms with E-state index < -0.39 is 26.6 Å². The van der Waals surface area contributed by atoms with E-state index in [9.17, 15) is 19.0 Å². The molecule has 0 aromatic carbocycles. The third kappa shape index (κ3) is 50.2. The molecule has 0 fully saturated rings. The summed E-state index contributed by atoms with van der Waals surface area (Å²) in [6.07, 6.45) is 61.6. The van der Waals surface area contributed by atoms with Crippen LogP contribution in [0.2, 0.25) is 0 Å². The van der Waals surface area contributed by atoms with Crippen LogP contribution in [0.4, 0.5) is 0 Å². The minimum Gasteiger partial charge on any atom is -0.756 e. The van der Waals surface area contributed by atoms with Gasteiger partial charge in [0.15, 0.2) is 0 Å². The second-order valence-corrected chi connectivity index (χ2v) is 21.5. The molecule has 0 aliphatic heterocycles. The molecule has 0 bridgehead atoms. The van der Waals surface area contributed by atoms with Gasteiger partial charge >= 0.3 is 5.97 Å². The summed E-state index contributed by atoms with van der Waals surface area (Å²) >= 11 is 0. The SMILES string of the molecule is CCCCC/C=C\C/C=C\C/C=C\C/C=C\CCCC(=O)NC(COP(=O)([O-])OCC[N+](C)(C)C)C(/C=C/CCCCCCCCCCC)OC(=O)CCCCCCCCC/C=C\CCCCCC. The summed E-state index contributed by atoms with van der Waals surface area (Å²) in [6, 6.07) is -0.919. The average Bonchev–Trinajstić information content (AvgIpc) is 3.31. The van der Waals surface area contributed by atoms with Crippen LogP contribution in [0.5, 0.6) is 0 Å². The molecule has 0 radical (unpaired) electrons. The van der Waals surface area contributed by atoms with E-state index in [-0.39, 0.29) is 31.3 Å². The monoisotopic (exact) mass is 987 g/mol. The number of carbonyl (C=O) groups excluding carboxylic acids is 2. The number of hydrogen-bond acceptors (Lipinski definition) is 7. The van der Waals surface area contributed by atoms with Crippen LogP contribution in [0.15, 0.2) is 72.9 Å². The molecule has 1 N–H and O–H groups in total. The van der Waals surface area contributed by atoms with Crippen molar-refractivity contribution in [1.82, 2.24) is 5.32 Å². The smallest absolute Gasteiger partial charge is 0.306 e. The number of nitrogens with one attached hydrogen (secondary N) is 1. The van der Waals surface area contributed by atoms with Crippen LogP contribution in [-0.2, 0) is 27.9 Å². The molecule has 0 aliphatic carbocycles. The molecule has 69 heavy (non-hydrogen) atoms. The molecular formula is C59H107N2O7P. The number of phosphoric ester groups is 1. The van der Waals surface area contributed by atoms with E-state index in [1.807, 2.05) is 33.3 Å². The van der Waals surface area contributed by atoms with Gasteiger partial charge in [0.2, 0.25) is 5.91 Å². The number of phosphoric acid groups is 1. The van der Waals surface area contributed by atoms with Crippen molar-refractivity contribution in [3.8, 4) is 0 Å². The molecule has 3 unspecified atom stereocenters. The maximum Gasteiger partial charge on any atom is 0.306 e. The number of nitrogens with zero attached hydrogens (tertiary/aromatic N) is 1. The first-order valence-electron chi connectivity index (χ1n) is 28.2. The Kier molecular flexibility index (Phi) is 47.2. The van der Waals surface area contributed by atoms with Crippen LogP contribution in [0.3, 0.4) is 0 Å². The summed E-state index contributed by atoms with van der Waals surface area (Å²) in [5.41, 5.74) is 0. The molecule has 400 valence electrons. The zero-order valence-electron chi connectivity index (χ0n) is 45.5. The van der Waals surface area contributed by atoms with Crippen molar-refractivity contribution in [3.05, 3.63) is 72.9 Å². The normalized spacial score (nSPS) is 14.4. The van der Waals surface area contributed by atoms with E-state index >= 15 is 0 Å². The number of rotatable bonds is 50. The fraction of sp³-hybridized carbons (Fsp3) is 0.763. The molecule has 3 atom stereocenters. The van der Waals surface area contributed by atoms with E-state index in [0.717, 1.165) is 77.0 Å². The van der Waals surface area contributed by atoms with Crippen molar-refractivity contribution >= 4 is 19.7 Å². The second kappa shape index (κ2) is 49.0. The van der Waals surface area contributed by atoms with Gasteiger partial charge in [-0.25, -0.2) is 0 Å². The highest BCUT2D eigenvalue weighted by Gasteiger charge is 2.27. The van der Waals surface area contributed by atoms with Crippen LogP contribution in [0.1, 0.15) is 239 Å². The van der Waals surface area contributed by atoms with Gasteiger partial charge in [-0.15, -0.1) is 0 Å². The number of carbonyl (C=O) groups is 2. The van der Waals surface area contributed by atoms with Gasteiger partial charge < -0.3 is 28.5 Å². The first-order chi connectivity index (χ1) is 33.4. The highest BCUT2D eigenvalue weighted by Crippen LogP contribution is 2.38. The lowest BCUT2D eigenvalue weighted by molar-refractivity contribution is -0.870. The van der Waals surface area contributed by atoms with Gasteiger partial charge in [-0.3, -0.25) is 14.2 Å². The molecule has 0 saturated carbocycles. The van der Waals surface area contributed by atoms with Gasteiger partial charge in [-0.05, 0) is 96.0 Å². The third-order valence-electron chi connectivity index (χ3n) is 12.1. The summed E-state index contributed by atoms with van der Waals surface area (Å²) in [4.78, 5) is 39.8. The minimum absolute atomic E-state index is 0.0353.